The van der Waals surface area contributed by atoms with Crippen LogP contribution in [0, 0.1) is 0 Å². The van der Waals surface area contributed by atoms with E-state index >= 15 is 0 Å². The lowest BCUT2D eigenvalue weighted by Crippen LogP contribution is -2.40. The first kappa shape index (κ1) is 23.1. The summed E-state index contributed by atoms with van der Waals surface area (Å²) in [6.45, 7) is 1.27. The minimum Gasteiger partial charge on any atom is -0.388 e. The molecular formula is C20H23ClN2O5S2. The molecule has 1 aliphatic heterocycles. The Morgan fingerprint density at radius 1 is 1.20 bits per heavy atom. The van der Waals surface area contributed by atoms with Crippen LogP contribution in [0.1, 0.15) is 11.7 Å². The van der Waals surface area contributed by atoms with Gasteiger partial charge in [0, 0.05) is 18.8 Å². The second kappa shape index (κ2) is 10.6. The third-order valence-electron chi connectivity index (χ3n) is 4.51. The van der Waals surface area contributed by atoms with Gasteiger partial charge in [0.1, 0.15) is 0 Å². The van der Waals surface area contributed by atoms with Crippen molar-refractivity contribution < 1.29 is 23.1 Å². The fraction of sp³-hybridized carbons (Fsp3) is 0.350. The van der Waals surface area contributed by atoms with Gasteiger partial charge >= 0.3 is 0 Å². The van der Waals surface area contributed by atoms with E-state index in [0.29, 0.717) is 19.0 Å². The molecule has 30 heavy (non-hydrogen) atoms. The van der Waals surface area contributed by atoms with Crippen molar-refractivity contribution in [1.29, 1.82) is 0 Å². The number of carbonyl (C=O) groups is 1. The number of sulfonamides is 1. The molecule has 1 fully saturated rings. The summed E-state index contributed by atoms with van der Waals surface area (Å²) in [5.74, 6) is 0.125. The van der Waals surface area contributed by atoms with Gasteiger partial charge in [-0.05, 0) is 23.8 Å². The highest BCUT2D eigenvalue weighted by Gasteiger charge is 2.27. The Bertz CT molecular complexity index is 966. The van der Waals surface area contributed by atoms with E-state index in [9.17, 15) is 18.3 Å². The number of amides is 1. The molecule has 0 aromatic heterocycles. The molecule has 10 heteroatoms. The standard InChI is InChI=1S/C20H23ClN2O5S2/c21-17-7-6-16(30(26,27)23-8-10-28-11-9-23)12-18(17)22-20(25)14-29-13-19(24)15-4-2-1-3-5-15/h1-7,12,19,24H,8-11,13-14H2,(H,22,25). The second-order valence-electron chi connectivity index (χ2n) is 6.65. The first-order chi connectivity index (χ1) is 14.4. The maximum atomic E-state index is 12.8. The van der Waals surface area contributed by atoms with Crippen molar-refractivity contribution in [3.05, 3.63) is 59.1 Å². The van der Waals surface area contributed by atoms with Gasteiger partial charge in [-0.1, -0.05) is 41.9 Å². The van der Waals surface area contributed by atoms with Gasteiger partial charge in [-0.2, -0.15) is 4.31 Å². The zero-order chi connectivity index (χ0) is 21.6. The lowest BCUT2D eigenvalue weighted by atomic mass is 10.1. The SMILES string of the molecule is O=C(CSCC(O)c1ccccc1)Nc1cc(S(=O)(=O)N2CCOCC2)ccc1Cl. The van der Waals surface area contributed by atoms with Gasteiger partial charge in [0.15, 0.2) is 0 Å². The summed E-state index contributed by atoms with van der Waals surface area (Å²) in [5, 5.41) is 13.1. The quantitative estimate of drug-likeness (QED) is 0.616. The van der Waals surface area contributed by atoms with Gasteiger partial charge in [0.05, 0.1) is 40.7 Å². The zero-order valence-electron chi connectivity index (χ0n) is 16.2. The molecule has 0 radical (unpaired) electrons. The fourth-order valence-electron chi connectivity index (χ4n) is 2.92. The summed E-state index contributed by atoms with van der Waals surface area (Å²) in [7, 11) is -3.69. The van der Waals surface area contributed by atoms with Gasteiger partial charge in [-0.15, -0.1) is 11.8 Å². The number of nitrogens with one attached hydrogen (secondary N) is 1. The van der Waals surface area contributed by atoms with Crippen LogP contribution in [0.2, 0.25) is 5.02 Å². The molecule has 0 bridgehead atoms. The Hall–Kier alpha value is -1.62. The number of ether oxygens (including phenoxy) is 1. The van der Waals surface area contributed by atoms with Crippen LogP contribution < -0.4 is 5.32 Å². The van der Waals surface area contributed by atoms with Crippen molar-refractivity contribution in [2.75, 3.05) is 43.1 Å². The number of anilines is 1. The van der Waals surface area contributed by atoms with Gasteiger partial charge in [-0.25, -0.2) is 8.42 Å². The molecule has 1 aliphatic rings. The maximum Gasteiger partial charge on any atom is 0.243 e. The number of halogens is 1. The largest absolute Gasteiger partial charge is 0.388 e. The molecule has 3 rings (SSSR count). The third-order valence-corrected chi connectivity index (χ3v) is 7.75. The number of carbonyl (C=O) groups excluding carboxylic acids is 1. The lowest BCUT2D eigenvalue weighted by molar-refractivity contribution is -0.113. The lowest BCUT2D eigenvalue weighted by Gasteiger charge is -2.26. The summed E-state index contributed by atoms with van der Waals surface area (Å²) < 4.78 is 32.2. The number of aliphatic hydroxyl groups is 1. The Morgan fingerprint density at radius 3 is 2.60 bits per heavy atom. The molecule has 0 spiro atoms. The van der Waals surface area contributed by atoms with Gasteiger partial charge in [0.2, 0.25) is 15.9 Å². The average Bonchev–Trinajstić information content (AvgIpc) is 2.76. The van der Waals surface area contributed by atoms with E-state index in [-0.39, 0.29) is 40.4 Å². The maximum absolute atomic E-state index is 12.8. The third kappa shape index (κ3) is 5.96. The second-order valence-corrected chi connectivity index (χ2v) is 10.0. The Morgan fingerprint density at radius 2 is 1.90 bits per heavy atom. The summed E-state index contributed by atoms with van der Waals surface area (Å²) >= 11 is 7.43. The van der Waals surface area contributed by atoms with Crippen molar-refractivity contribution in [2.45, 2.75) is 11.0 Å². The molecule has 1 heterocycles. The molecule has 1 atom stereocenters. The van der Waals surface area contributed by atoms with Gasteiger partial charge in [-0.3, -0.25) is 4.79 Å². The van der Waals surface area contributed by atoms with Crippen LogP contribution in [0.3, 0.4) is 0 Å². The first-order valence-electron chi connectivity index (χ1n) is 9.36. The number of hydrogen-bond acceptors (Lipinski definition) is 6. The smallest absolute Gasteiger partial charge is 0.243 e. The van der Waals surface area contributed by atoms with E-state index in [0.717, 1.165) is 5.56 Å². The van der Waals surface area contributed by atoms with Crippen LogP contribution >= 0.6 is 23.4 Å². The summed E-state index contributed by atoms with van der Waals surface area (Å²) in [6, 6.07) is 13.5. The number of morpholine rings is 1. The number of thioether (sulfide) groups is 1. The molecule has 162 valence electrons. The fourth-order valence-corrected chi connectivity index (χ4v) is 5.31. The van der Waals surface area contributed by atoms with Crippen LogP contribution in [0.15, 0.2) is 53.4 Å². The number of benzene rings is 2. The topological polar surface area (TPSA) is 95.9 Å². The minimum atomic E-state index is -3.69. The molecule has 1 amide bonds. The monoisotopic (exact) mass is 470 g/mol. The van der Waals surface area contributed by atoms with Crippen LogP contribution in [0.5, 0.6) is 0 Å². The van der Waals surface area contributed by atoms with E-state index in [4.69, 9.17) is 16.3 Å². The van der Waals surface area contributed by atoms with Crippen molar-refractivity contribution in [1.82, 2.24) is 4.31 Å². The molecule has 7 nitrogen and oxygen atoms in total. The molecule has 2 aromatic carbocycles. The Kier molecular flexibility index (Phi) is 8.15. The number of nitrogens with zero attached hydrogens (tertiary/aromatic N) is 1. The van der Waals surface area contributed by atoms with Crippen molar-refractivity contribution in [3.8, 4) is 0 Å². The Balaban J connectivity index is 1.59. The predicted octanol–water partition coefficient (Wildman–Crippen LogP) is 2.77. The van der Waals surface area contributed by atoms with Crippen molar-refractivity contribution in [3.63, 3.8) is 0 Å². The van der Waals surface area contributed by atoms with Crippen molar-refractivity contribution in [2.24, 2.45) is 0 Å². The van der Waals surface area contributed by atoms with Gasteiger partial charge in [0.25, 0.3) is 0 Å². The highest BCUT2D eigenvalue weighted by molar-refractivity contribution is 8.00. The van der Waals surface area contributed by atoms with Crippen LogP contribution in [0.25, 0.3) is 0 Å². The molecule has 0 saturated carbocycles. The zero-order valence-corrected chi connectivity index (χ0v) is 18.5. The Labute approximate surface area is 185 Å². The highest BCUT2D eigenvalue weighted by atomic mass is 35.5. The molecule has 1 saturated heterocycles. The molecule has 1 unspecified atom stereocenters. The van der Waals surface area contributed by atoms with E-state index < -0.39 is 16.1 Å². The molecular weight excluding hydrogens is 448 g/mol. The van der Waals surface area contributed by atoms with E-state index in [1.807, 2.05) is 30.3 Å². The van der Waals surface area contributed by atoms with Gasteiger partial charge < -0.3 is 15.2 Å². The van der Waals surface area contributed by atoms with E-state index in [2.05, 4.69) is 5.32 Å². The van der Waals surface area contributed by atoms with Crippen LogP contribution in [0.4, 0.5) is 5.69 Å². The first-order valence-corrected chi connectivity index (χ1v) is 12.3. The number of aliphatic hydroxyl groups excluding tert-OH is 1. The summed E-state index contributed by atoms with van der Waals surface area (Å²) in [5.41, 5.74) is 1.02. The predicted molar refractivity (Wildman–Crippen MR) is 118 cm³/mol. The normalized spacial score (nSPS) is 16.2. The van der Waals surface area contributed by atoms with E-state index in [1.165, 1.54) is 34.3 Å². The molecule has 0 aliphatic carbocycles. The molecule has 2 N–H and O–H groups in total. The summed E-state index contributed by atoms with van der Waals surface area (Å²) in [4.78, 5) is 12.4. The molecule has 2 aromatic rings. The minimum absolute atomic E-state index is 0.0660. The highest BCUT2D eigenvalue weighted by Crippen LogP contribution is 2.28. The number of hydrogen-bond donors (Lipinski definition) is 2. The van der Waals surface area contributed by atoms with Crippen LogP contribution in [-0.2, 0) is 19.6 Å². The van der Waals surface area contributed by atoms with Crippen molar-refractivity contribution >= 4 is 45.0 Å². The summed E-state index contributed by atoms with van der Waals surface area (Å²) in [6.07, 6.45) is -0.672. The van der Waals surface area contributed by atoms with Crippen LogP contribution in [-0.4, -0.2) is 61.5 Å². The number of rotatable bonds is 8. The average molecular weight is 471 g/mol. The van der Waals surface area contributed by atoms with E-state index in [1.54, 1.807) is 0 Å².